The third kappa shape index (κ3) is 2.55. The maximum atomic E-state index is 6.48. The first-order valence-corrected chi connectivity index (χ1v) is 7.63. The summed E-state index contributed by atoms with van der Waals surface area (Å²) < 4.78 is 2.04. The van der Waals surface area contributed by atoms with Gasteiger partial charge in [0.05, 0.1) is 21.7 Å². The van der Waals surface area contributed by atoms with Gasteiger partial charge in [0.25, 0.3) is 0 Å². The first-order valence-electron chi connectivity index (χ1n) is 7.25. The zero-order valence-corrected chi connectivity index (χ0v) is 12.3. The first kappa shape index (κ1) is 12.9. The minimum Gasteiger partial charge on any atom is -0.310 e. The van der Waals surface area contributed by atoms with Crippen LogP contribution < -0.4 is 5.32 Å². The van der Waals surface area contributed by atoms with Crippen molar-refractivity contribution in [1.82, 2.24) is 14.9 Å². The Morgan fingerprint density at radius 1 is 1.19 bits per heavy atom. The molecule has 21 heavy (non-hydrogen) atoms. The number of hydrogen-bond donors (Lipinski definition) is 1. The second kappa shape index (κ2) is 5.17. The summed E-state index contributed by atoms with van der Waals surface area (Å²) in [6, 6.07) is 15.0. The number of hydrogen-bond acceptors (Lipinski definition) is 2. The van der Waals surface area contributed by atoms with Crippen LogP contribution in [0.25, 0.3) is 16.7 Å². The minimum atomic E-state index is 0.709. The van der Waals surface area contributed by atoms with Crippen molar-refractivity contribution in [2.75, 3.05) is 0 Å². The number of aromatic nitrogens is 2. The molecule has 0 aliphatic heterocycles. The fourth-order valence-corrected chi connectivity index (χ4v) is 2.85. The zero-order chi connectivity index (χ0) is 14.2. The predicted molar refractivity (Wildman–Crippen MR) is 85.9 cm³/mol. The average molecular weight is 298 g/mol. The monoisotopic (exact) mass is 297 g/mol. The number of halogens is 1. The molecule has 0 unspecified atom stereocenters. The lowest BCUT2D eigenvalue weighted by Gasteiger charge is -2.09. The summed E-state index contributed by atoms with van der Waals surface area (Å²) in [5.41, 5.74) is 4.25. The number of rotatable bonds is 4. The van der Waals surface area contributed by atoms with Gasteiger partial charge in [-0.1, -0.05) is 29.8 Å². The van der Waals surface area contributed by atoms with Gasteiger partial charge in [0, 0.05) is 12.6 Å². The summed E-state index contributed by atoms with van der Waals surface area (Å²) in [4.78, 5) is 4.42. The number of nitrogens with zero attached hydrogens (tertiary/aromatic N) is 2. The van der Waals surface area contributed by atoms with Crippen LogP contribution >= 0.6 is 11.6 Å². The lowest BCUT2D eigenvalue weighted by Crippen LogP contribution is -2.15. The SMILES string of the molecule is Clc1cc(CNC2CC2)ccc1-n1cnc2ccccc21. The summed E-state index contributed by atoms with van der Waals surface area (Å²) in [6.07, 6.45) is 4.42. The molecule has 1 aromatic heterocycles. The van der Waals surface area contributed by atoms with Crippen molar-refractivity contribution in [1.29, 1.82) is 0 Å². The van der Waals surface area contributed by atoms with Crippen molar-refractivity contribution in [3.8, 4) is 5.69 Å². The van der Waals surface area contributed by atoms with Crippen LogP contribution in [0.2, 0.25) is 5.02 Å². The molecule has 1 aliphatic rings. The normalized spacial score (nSPS) is 14.7. The molecule has 1 N–H and O–H groups in total. The van der Waals surface area contributed by atoms with E-state index in [4.69, 9.17) is 11.6 Å². The van der Waals surface area contributed by atoms with Crippen LogP contribution in [0.1, 0.15) is 18.4 Å². The van der Waals surface area contributed by atoms with E-state index in [2.05, 4.69) is 28.5 Å². The smallest absolute Gasteiger partial charge is 0.100 e. The quantitative estimate of drug-likeness (QED) is 0.791. The Hall–Kier alpha value is -1.84. The second-order valence-electron chi connectivity index (χ2n) is 5.54. The molecule has 3 nitrogen and oxygen atoms in total. The van der Waals surface area contributed by atoms with Crippen LogP contribution in [-0.4, -0.2) is 15.6 Å². The lowest BCUT2D eigenvalue weighted by atomic mass is 10.2. The molecule has 1 saturated carbocycles. The fourth-order valence-electron chi connectivity index (χ4n) is 2.56. The Morgan fingerprint density at radius 3 is 2.86 bits per heavy atom. The molecule has 1 fully saturated rings. The molecule has 0 atom stereocenters. The predicted octanol–water partition coefficient (Wildman–Crippen LogP) is 3.93. The van der Waals surface area contributed by atoms with E-state index in [1.165, 1.54) is 18.4 Å². The van der Waals surface area contributed by atoms with E-state index in [1.54, 1.807) is 0 Å². The Morgan fingerprint density at radius 2 is 2.05 bits per heavy atom. The zero-order valence-electron chi connectivity index (χ0n) is 11.6. The van der Waals surface area contributed by atoms with Gasteiger partial charge in [-0.05, 0) is 42.7 Å². The van der Waals surface area contributed by atoms with Crippen LogP contribution in [0.15, 0.2) is 48.8 Å². The van der Waals surface area contributed by atoms with E-state index >= 15 is 0 Å². The van der Waals surface area contributed by atoms with Crippen molar-refractivity contribution in [3.05, 3.63) is 59.4 Å². The third-order valence-corrected chi connectivity index (χ3v) is 4.20. The lowest BCUT2D eigenvalue weighted by molar-refractivity contribution is 0.688. The standard InChI is InChI=1S/C17H16ClN3/c18-14-9-12(10-19-13-6-7-13)5-8-16(14)21-11-20-15-3-1-2-4-17(15)21/h1-5,8-9,11,13,19H,6-7,10H2. The molecule has 0 spiro atoms. The Balaban J connectivity index is 1.67. The van der Waals surface area contributed by atoms with Crippen LogP contribution in [0.4, 0.5) is 0 Å². The maximum Gasteiger partial charge on any atom is 0.100 e. The van der Waals surface area contributed by atoms with Crippen molar-refractivity contribution >= 4 is 22.6 Å². The molecular weight excluding hydrogens is 282 g/mol. The van der Waals surface area contributed by atoms with E-state index in [1.807, 2.05) is 35.2 Å². The molecule has 3 aromatic rings. The number of para-hydroxylation sites is 2. The van der Waals surface area contributed by atoms with E-state index in [0.717, 1.165) is 28.3 Å². The molecular formula is C17H16ClN3. The summed E-state index contributed by atoms with van der Waals surface area (Å²) in [7, 11) is 0. The number of nitrogens with one attached hydrogen (secondary N) is 1. The van der Waals surface area contributed by atoms with Gasteiger partial charge in [-0.15, -0.1) is 0 Å². The van der Waals surface area contributed by atoms with Crippen LogP contribution in [0.3, 0.4) is 0 Å². The molecule has 1 heterocycles. The summed E-state index contributed by atoms with van der Waals surface area (Å²) in [5, 5.41) is 4.26. The van der Waals surface area contributed by atoms with Gasteiger partial charge >= 0.3 is 0 Å². The topological polar surface area (TPSA) is 29.9 Å². The third-order valence-electron chi connectivity index (χ3n) is 3.90. The first-order chi connectivity index (χ1) is 10.3. The summed E-state index contributed by atoms with van der Waals surface area (Å²) >= 11 is 6.48. The Bertz CT molecular complexity index is 790. The fraction of sp³-hybridized carbons (Fsp3) is 0.235. The highest BCUT2D eigenvalue weighted by molar-refractivity contribution is 6.32. The van der Waals surface area contributed by atoms with E-state index < -0.39 is 0 Å². The van der Waals surface area contributed by atoms with Crippen molar-refractivity contribution in [2.45, 2.75) is 25.4 Å². The van der Waals surface area contributed by atoms with Gasteiger partial charge in [0.2, 0.25) is 0 Å². The molecule has 0 saturated heterocycles. The maximum absolute atomic E-state index is 6.48. The molecule has 0 amide bonds. The highest BCUT2D eigenvalue weighted by Crippen LogP contribution is 2.26. The van der Waals surface area contributed by atoms with Gasteiger partial charge < -0.3 is 5.32 Å². The van der Waals surface area contributed by atoms with Crippen LogP contribution in [0, 0.1) is 0 Å². The molecule has 0 bridgehead atoms. The molecule has 0 radical (unpaired) electrons. The number of fused-ring (bicyclic) bond motifs is 1. The highest BCUT2D eigenvalue weighted by Gasteiger charge is 2.20. The second-order valence-corrected chi connectivity index (χ2v) is 5.95. The van der Waals surface area contributed by atoms with Crippen molar-refractivity contribution < 1.29 is 0 Å². The molecule has 2 aromatic carbocycles. The summed E-state index contributed by atoms with van der Waals surface area (Å²) in [5.74, 6) is 0. The van der Waals surface area contributed by atoms with Gasteiger partial charge in [0.1, 0.15) is 6.33 Å². The Kier molecular flexibility index (Phi) is 3.17. The highest BCUT2D eigenvalue weighted by atomic mass is 35.5. The largest absolute Gasteiger partial charge is 0.310 e. The van der Waals surface area contributed by atoms with E-state index in [9.17, 15) is 0 Å². The minimum absolute atomic E-state index is 0.709. The number of benzene rings is 2. The Labute approximate surface area is 128 Å². The van der Waals surface area contributed by atoms with Gasteiger partial charge in [-0.3, -0.25) is 4.57 Å². The van der Waals surface area contributed by atoms with E-state index in [-0.39, 0.29) is 0 Å². The number of imidazole rings is 1. The van der Waals surface area contributed by atoms with Crippen LogP contribution in [-0.2, 0) is 6.54 Å². The average Bonchev–Trinajstić information content (AvgIpc) is 3.24. The molecule has 1 aliphatic carbocycles. The van der Waals surface area contributed by atoms with Crippen LogP contribution in [0.5, 0.6) is 0 Å². The van der Waals surface area contributed by atoms with Gasteiger partial charge in [0.15, 0.2) is 0 Å². The van der Waals surface area contributed by atoms with Crippen molar-refractivity contribution in [2.24, 2.45) is 0 Å². The molecule has 106 valence electrons. The molecule has 4 rings (SSSR count). The summed E-state index contributed by atoms with van der Waals surface area (Å²) in [6.45, 7) is 0.884. The molecule has 4 heteroatoms. The van der Waals surface area contributed by atoms with Crippen molar-refractivity contribution in [3.63, 3.8) is 0 Å². The van der Waals surface area contributed by atoms with Gasteiger partial charge in [-0.2, -0.15) is 0 Å². The van der Waals surface area contributed by atoms with E-state index in [0.29, 0.717) is 6.04 Å². The van der Waals surface area contributed by atoms with Gasteiger partial charge in [-0.25, -0.2) is 4.98 Å².